The van der Waals surface area contributed by atoms with Gasteiger partial charge in [-0.3, -0.25) is 9.59 Å². The fraction of sp³-hybridized carbons (Fsp3) is 0.500. The zero-order chi connectivity index (χ0) is 31.2. The van der Waals surface area contributed by atoms with E-state index in [0.29, 0.717) is 6.42 Å². The molecule has 0 bridgehead atoms. The summed E-state index contributed by atoms with van der Waals surface area (Å²) in [4.78, 5) is 54.6. The number of thiol groups is 1. The number of ether oxygens (including phenoxy) is 2. The number of hydrogen-bond acceptors (Lipinski definition) is 9. The average molecular weight is 669 g/mol. The Morgan fingerprint density at radius 3 is 1.70 bits per heavy atom. The molecule has 0 amide bonds. The first kappa shape index (κ1) is 48.3. The topological polar surface area (TPSA) is 142 Å². The molecule has 0 aliphatic carbocycles. The summed E-state index contributed by atoms with van der Waals surface area (Å²) < 4.78 is 24.9. The summed E-state index contributed by atoms with van der Waals surface area (Å²) in [7, 11) is -5.31. The predicted molar refractivity (Wildman–Crippen MR) is 177 cm³/mol. The second kappa shape index (κ2) is 34.9. The van der Waals surface area contributed by atoms with Gasteiger partial charge in [0, 0.05) is 35.0 Å². The van der Waals surface area contributed by atoms with Gasteiger partial charge in [0.05, 0.1) is 14.4 Å². The average Bonchev–Trinajstić information content (AvgIpc) is 2.89. The number of hydrogen-bond donors (Lipinski definition) is 1. The Kier molecular flexibility index (Phi) is 39.2. The molecule has 0 aromatic heterocycles. The van der Waals surface area contributed by atoms with Gasteiger partial charge in [0.25, 0.3) is 0 Å². The van der Waals surface area contributed by atoms with Gasteiger partial charge < -0.3 is 28.3 Å². The van der Waals surface area contributed by atoms with E-state index in [1.807, 2.05) is 0 Å². The second-order valence-electron chi connectivity index (χ2n) is 7.82. The minimum absolute atomic E-state index is 0. The van der Waals surface area contributed by atoms with E-state index in [-0.39, 0.29) is 86.3 Å². The van der Waals surface area contributed by atoms with Crippen molar-refractivity contribution in [3.63, 3.8) is 0 Å². The summed E-state index contributed by atoms with van der Waals surface area (Å²) in [5.74, 6) is 27.0. The first-order valence-corrected chi connectivity index (χ1v) is 14.6. The number of esters is 2. The fourth-order valence-electron chi connectivity index (χ4n) is 2.54. The largest absolute Gasteiger partial charge is 1.00 e. The zero-order valence-corrected chi connectivity index (χ0v) is 31.2. The van der Waals surface area contributed by atoms with Crippen molar-refractivity contribution >= 4 is 37.5 Å². The van der Waals surface area contributed by atoms with Crippen molar-refractivity contribution in [1.82, 2.24) is 0 Å². The molecule has 0 aromatic rings. The fourth-order valence-corrected chi connectivity index (χ4v) is 2.89. The van der Waals surface area contributed by atoms with Crippen LogP contribution >= 0.6 is 20.5 Å². The van der Waals surface area contributed by atoms with Crippen LogP contribution in [0.1, 0.15) is 94.3 Å². The standard InChI is InChI=1S/C28H31O8P.C2H4OS.2Na.11H2/c1-3-5-7-9-11-13-14-15-17-18-20-22-27(29)34-24-26(25-35-37(31,32)33)36-28(30)23-21-19-16-12-10-8-6-4-2;1-2(3)4;;;;;;;;;;;;;/h26H,4,6,8,10,12,16,19,21,23-25H2,1-2H3,(H2,31,32,33);1H3,(H,3,4);;;11*1H/q;;2*+1;;;;;;;;;;;/p-2/t26-;;;;;;;;;;;;;;/m1............../s1. The van der Waals surface area contributed by atoms with Crippen LogP contribution in [0.3, 0.4) is 0 Å². The van der Waals surface area contributed by atoms with Gasteiger partial charge in [-0.1, -0.05) is 57.8 Å². The van der Waals surface area contributed by atoms with Crippen LogP contribution in [0.4, 0.5) is 0 Å². The molecule has 9 nitrogen and oxygen atoms in total. The summed E-state index contributed by atoms with van der Waals surface area (Å²) in [5, 5.41) is -0.139. The van der Waals surface area contributed by atoms with E-state index in [2.05, 4.69) is 95.1 Å². The molecule has 43 heavy (non-hydrogen) atoms. The van der Waals surface area contributed by atoms with Crippen LogP contribution in [0.2, 0.25) is 0 Å². The van der Waals surface area contributed by atoms with Gasteiger partial charge in [0.2, 0.25) is 0 Å². The molecule has 0 fully saturated rings. The van der Waals surface area contributed by atoms with Gasteiger partial charge >= 0.3 is 71.1 Å². The van der Waals surface area contributed by atoms with Crippen LogP contribution in [-0.4, -0.2) is 36.4 Å². The molecular weight excluding hydrogens is 613 g/mol. The number of phosphoric ester groups is 1. The Morgan fingerprint density at radius 1 is 0.791 bits per heavy atom. The van der Waals surface area contributed by atoms with Gasteiger partial charge in [0.15, 0.2) is 11.2 Å². The van der Waals surface area contributed by atoms with Crippen LogP contribution in [0.15, 0.2) is 0 Å². The van der Waals surface area contributed by atoms with Crippen LogP contribution in [-0.2, 0) is 32.9 Å². The monoisotopic (exact) mass is 668 g/mol. The van der Waals surface area contributed by atoms with E-state index in [0.717, 1.165) is 25.7 Å². The third-order valence-corrected chi connectivity index (χ3v) is 4.67. The normalized spacial score (nSPS) is 9.07. The van der Waals surface area contributed by atoms with Crippen LogP contribution in [0.5, 0.6) is 0 Å². The Morgan fingerprint density at radius 2 is 1.23 bits per heavy atom. The quantitative estimate of drug-likeness (QED) is 0.0444. The maximum Gasteiger partial charge on any atom is 1.00 e. The second-order valence-corrected chi connectivity index (χ2v) is 9.60. The number of carbonyl (C=O) groups is 3. The summed E-state index contributed by atoms with van der Waals surface area (Å²) >= 11 is 3.33. The minimum atomic E-state index is -5.31. The van der Waals surface area contributed by atoms with Crippen LogP contribution in [0.25, 0.3) is 0 Å². The first-order chi connectivity index (χ1) is 19.5. The molecule has 0 saturated carbocycles. The van der Waals surface area contributed by atoms with Gasteiger partial charge in [-0.25, -0.2) is 4.79 Å². The molecule has 0 aliphatic heterocycles. The molecule has 0 aliphatic rings. The van der Waals surface area contributed by atoms with Crippen molar-refractivity contribution in [3.05, 3.63) is 0 Å². The van der Waals surface area contributed by atoms with Gasteiger partial charge in [0.1, 0.15) is 6.61 Å². The Bertz CT molecular complexity index is 1290. The molecule has 13 heteroatoms. The van der Waals surface area contributed by atoms with E-state index in [9.17, 15) is 28.7 Å². The van der Waals surface area contributed by atoms with Crippen molar-refractivity contribution in [2.75, 3.05) is 13.2 Å². The summed E-state index contributed by atoms with van der Waals surface area (Å²) in [6, 6.07) is 0. The summed E-state index contributed by atoms with van der Waals surface area (Å²) in [6.45, 7) is 3.86. The predicted octanol–water partition coefficient (Wildman–Crippen LogP) is -0.965. The van der Waals surface area contributed by atoms with Crippen molar-refractivity contribution in [1.29, 1.82) is 0 Å². The van der Waals surface area contributed by atoms with E-state index in [4.69, 9.17) is 9.47 Å². The first-order valence-electron chi connectivity index (χ1n) is 12.7. The third-order valence-electron chi connectivity index (χ3n) is 4.20. The third kappa shape index (κ3) is 45.0. The van der Waals surface area contributed by atoms with Gasteiger partial charge in [-0.05, 0) is 72.5 Å². The molecule has 0 aromatic carbocycles. The smallest absolute Gasteiger partial charge is 0.790 e. The van der Waals surface area contributed by atoms with Crippen LogP contribution < -0.4 is 68.9 Å². The molecule has 0 N–H and O–H groups in total. The molecule has 0 heterocycles. The Balaban J connectivity index is -0.0000000653. The molecule has 0 unspecified atom stereocenters. The maximum atomic E-state index is 12.1. The minimum Gasteiger partial charge on any atom is -0.790 e. The van der Waals surface area contributed by atoms with Crippen molar-refractivity contribution in [2.24, 2.45) is 0 Å². The van der Waals surface area contributed by atoms with E-state index >= 15 is 0 Å². The zero-order valence-electron chi connectivity index (χ0n) is 25.4. The molecular formula is C30H55Na2O9PS. The summed E-state index contributed by atoms with van der Waals surface area (Å²) in [5.41, 5.74) is 0. The Labute approximate surface area is 322 Å². The number of phosphoric acid groups is 1. The van der Waals surface area contributed by atoms with Crippen molar-refractivity contribution in [2.45, 2.75) is 84.7 Å². The molecule has 0 rings (SSSR count). The summed E-state index contributed by atoms with van der Waals surface area (Å²) in [6.07, 6.45) is 7.13. The van der Waals surface area contributed by atoms with Crippen LogP contribution in [0, 0.1) is 71.0 Å². The van der Waals surface area contributed by atoms with Gasteiger partial charge in [-0.2, -0.15) is 0 Å². The van der Waals surface area contributed by atoms with E-state index in [1.54, 1.807) is 6.92 Å². The van der Waals surface area contributed by atoms with Crippen molar-refractivity contribution < 1.29 is 118 Å². The molecule has 0 saturated heterocycles. The number of rotatable bonds is 15. The molecule has 1 atom stereocenters. The maximum absolute atomic E-state index is 12.1. The SMILES string of the molecule is CC#CC#CC#CC#CC#CC#CC(=O)OC[C@H](COP(=O)([O-])[O-])OC(=O)CCCCCCCCCC.CC(=O)S.[HH].[HH].[HH].[HH].[HH].[HH].[HH].[HH].[HH].[HH].[HH].[Na+].[Na+]. The molecule has 0 spiro atoms. The van der Waals surface area contributed by atoms with Crippen molar-refractivity contribution in [3.8, 4) is 71.0 Å². The van der Waals surface area contributed by atoms with Gasteiger partial charge in [-0.15, -0.1) is 12.6 Å². The molecule has 0 radical (unpaired) electrons. The number of unbranched alkanes of at least 4 members (excludes halogenated alkanes) is 7. The van der Waals surface area contributed by atoms with E-state index < -0.39 is 39.1 Å². The molecule has 242 valence electrons. The number of carbonyl (C=O) groups excluding carboxylic acids is 3. The van der Waals surface area contributed by atoms with E-state index in [1.165, 1.54) is 26.2 Å². The Hall–Kier alpha value is -1.57.